The smallest absolute Gasteiger partial charge is 0.410 e. The highest BCUT2D eigenvalue weighted by Gasteiger charge is 2.64. The highest BCUT2D eigenvalue weighted by Crippen LogP contribution is 2.58. The van der Waals surface area contributed by atoms with Gasteiger partial charge in [0.15, 0.2) is 0 Å². The first-order chi connectivity index (χ1) is 12.1. The van der Waals surface area contributed by atoms with E-state index in [1.165, 1.54) is 11.1 Å². The van der Waals surface area contributed by atoms with Gasteiger partial charge in [-0.05, 0) is 55.9 Å². The largest absolute Gasteiger partial charge is 0.497 e. The molecule has 0 aromatic heterocycles. The Kier molecular flexibility index (Phi) is 3.95. The summed E-state index contributed by atoms with van der Waals surface area (Å²) in [6, 6.07) is 5.99. The topological polar surface area (TPSA) is 59.0 Å². The third-order valence-electron chi connectivity index (χ3n) is 6.70. The molecule has 2 bridgehead atoms. The van der Waals surface area contributed by atoms with Gasteiger partial charge in [0.1, 0.15) is 5.75 Å². The molecule has 1 aliphatic heterocycles. The lowest BCUT2D eigenvalue weighted by Crippen LogP contribution is -2.73. The quantitative estimate of drug-likeness (QED) is 0.895. The van der Waals surface area contributed by atoms with Crippen LogP contribution in [0.4, 0.5) is 4.79 Å². The van der Waals surface area contributed by atoms with E-state index in [0.29, 0.717) is 19.6 Å². The first-order valence-corrected chi connectivity index (χ1v) is 9.39. The van der Waals surface area contributed by atoms with Gasteiger partial charge in [0.25, 0.3) is 0 Å². The van der Waals surface area contributed by atoms with Crippen molar-refractivity contribution in [3.8, 4) is 5.75 Å². The van der Waals surface area contributed by atoms with E-state index in [1.807, 2.05) is 13.0 Å². The summed E-state index contributed by atoms with van der Waals surface area (Å²) in [5.41, 5.74) is 1.30. The number of hydrogen-bond acceptors (Lipinski definition) is 4. The predicted molar refractivity (Wildman–Crippen MR) is 93.9 cm³/mol. The highest BCUT2D eigenvalue weighted by molar-refractivity contribution is 5.69. The van der Waals surface area contributed by atoms with E-state index in [1.54, 1.807) is 12.0 Å². The molecule has 25 heavy (non-hydrogen) atoms. The summed E-state index contributed by atoms with van der Waals surface area (Å²) in [6.45, 7) is 2.83. The molecular formula is C20H27NO4. The first-order valence-electron chi connectivity index (χ1n) is 9.39. The Morgan fingerprint density at radius 1 is 1.32 bits per heavy atom. The lowest BCUT2D eigenvalue weighted by Gasteiger charge is -2.63. The van der Waals surface area contributed by atoms with E-state index < -0.39 is 5.60 Å². The average Bonchev–Trinajstić information content (AvgIpc) is 2.61. The van der Waals surface area contributed by atoms with E-state index in [0.717, 1.165) is 37.9 Å². The number of nitrogens with zero attached hydrogens (tertiary/aromatic N) is 1. The molecular weight excluding hydrogens is 318 g/mol. The summed E-state index contributed by atoms with van der Waals surface area (Å²) in [4.78, 5) is 14.3. The van der Waals surface area contributed by atoms with E-state index >= 15 is 0 Å². The number of rotatable bonds is 2. The Labute approximate surface area is 148 Å². The van der Waals surface area contributed by atoms with Crippen LogP contribution in [0.2, 0.25) is 0 Å². The molecule has 2 fully saturated rings. The monoisotopic (exact) mass is 345 g/mol. The van der Waals surface area contributed by atoms with Gasteiger partial charge in [-0.25, -0.2) is 4.79 Å². The molecule has 3 atom stereocenters. The zero-order valence-corrected chi connectivity index (χ0v) is 15.1. The van der Waals surface area contributed by atoms with Crippen molar-refractivity contribution in [1.29, 1.82) is 0 Å². The number of fused-ring (bicyclic) bond motifs is 1. The molecule has 1 aromatic carbocycles. The summed E-state index contributed by atoms with van der Waals surface area (Å²) >= 11 is 0. The zero-order chi connectivity index (χ0) is 17.7. The van der Waals surface area contributed by atoms with Gasteiger partial charge in [-0.15, -0.1) is 0 Å². The fourth-order valence-electron chi connectivity index (χ4n) is 5.55. The highest BCUT2D eigenvalue weighted by atomic mass is 16.6. The number of methoxy groups -OCH3 is 1. The molecule has 1 saturated carbocycles. The molecule has 5 heteroatoms. The number of benzene rings is 1. The normalized spacial score (nSPS) is 33.2. The Hall–Kier alpha value is -1.75. The fraction of sp³-hybridized carbons (Fsp3) is 0.650. The second-order valence-electron chi connectivity index (χ2n) is 7.60. The number of ether oxygens (including phenoxy) is 2. The number of carbonyl (C=O) groups excluding carboxylic acids is 1. The van der Waals surface area contributed by atoms with Crippen molar-refractivity contribution in [3.05, 3.63) is 29.3 Å². The van der Waals surface area contributed by atoms with Crippen LogP contribution in [-0.2, 0) is 16.6 Å². The maximum Gasteiger partial charge on any atom is 0.410 e. The van der Waals surface area contributed by atoms with Gasteiger partial charge in [-0.3, -0.25) is 0 Å². The second kappa shape index (κ2) is 5.90. The van der Waals surface area contributed by atoms with Crippen LogP contribution in [-0.4, -0.2) is 48.0 Å². The Bertz CT molecular complexity index is 690. The Morgan fingerprint density at radius 3 is 2.88 bits per heavy atom. The van der Waals surface area contributed by atoms with Gasteiger partial charge < -0.3 is 19.5 Å². The van der Waals surface area contributed by atoms with E-state index in [9.17, 15) is 9.90 Å². The molecule has 0 spiro atoms. The van der Waals surface area contributed by atoms with Crippen LogP contribution >= 0.6 is 0 Å². The molecule has 1 saturated heterocycles. The molecule has 4 rings (SSSR count). The molecule has 1 aromatic rings. The lowest BCUT2D eigenvalue weighted by molar-refractivity contribution is -0.159. The molecule has 136 valence electrons. The number of piperidine rings is 1. The molecule has 2 aliphatic carbocycles. The molecule has 0 radical (unpaired) electrons. The summed E-state index contributed by atoms with van der Waals surface area (Å²) < 4.78 is 10.7. The second-order valence-corrected chi connectivity index (χ2v) is 7.60. The number of aliphatic hydroxyl groups is 1. The number of carbonyl (C=O) groups is 1. The van der Waals surface area contributed by atoms with Crippen molar-refractivity contribution >= 4 is 6.09 Å². The third kappa shape index (κ3) is 2.21. The van der Waals surface area contributed by atoms with Crippen LogP contribution in [0, 0.1) is 0 Å². The van der Waals surface area contributed by atoms with Crippen molar-refractivity contribution in [1.82, 2.24) is 4.90 Å². The zero-order valence-electron chi connectivity index (χ0n) is 15.1. The molecule has 5 nitrogen and oxygen atoms in total. The van der Waals surface area contributed by atoms with Crippen LogP contribution in [0.25, 0.3) is 0 Å². The van der Waals surface area contributed by atoms with Crippen LogP contribution < -0.4 is 4.74 Å². The number of hydrogen-bond donors (Lipinski definition) is 1. The maximum atomic E-state index is 12.5. The number of likely N-dealkylation sites (tertiary alicyclic amines) is 1. The first kappa shape index (κ1) is 16.7. The summed E-state index contributed by atoms with van der Waals surface area (Å²) in [7, 11) is 1.68. The van der Waals surface area contributed by atoms with E-state index in [4.69, 9.17) is 9.47 Å². The van der Waals surface area contributed by atoms with Crippen LogP contribution in [0.3, 0.4) is 0 Å². The van der Waals surface area contributed by atoms with E-state index in [2.05, 4.69) is 12.1 Å². The van der Waals surface area contributed by atoms with Gasteiger partial charge >= 0.3 is 6.09 Å². The van der Waals surface area contributed by atoms with Gasteiger partial charge in [0.05, 0.1) is 25.4 Å². The third-order valence-corrected chi connectivity index (χ3v) is 6.70. The van der Waals surface area contributed by atoms with Crippen molar-refractivity contribution in [2.75, 3.05) is 20.3 Å². The Balaban J connectivity index is 1.84. The molecule has 3 aliphatic rings. The minimum Gasteiger partial charge on any atom is -0.497 e. The van der Waals surface area contributed by atoms with Gasteiger partial charge in [-0.1, -0.05) is 18.9 Å². The molecule has 1 heterocycles. The standard InChI is InChI=1S/C20H27NO4/c1-3-25-18(22)21-11-10-19-8-4-5-9-20(19,23)17(21)12-14-6-7-15(24-2)13-16(14)19/h6-7,13,17,23H,3-5,8-12H2,1-2H3/t17-,19+,20-/m1/s1. The van der Waals surface area contributed by atoms with E-state index in [-0.39, 0.29) is 17.6 Å². The maximum absolute atomic E-state index is 12.5. The van der Waals surface area contributed by atoms with Crippen molar-refractivity contribution in [2.24, 2.45) is 0 Å². The molecule has 0 unspecified atom stereocenters. The van der Waals surface area contributed by atoms with Crippen molar-refractivity contribution in [2.45, 2.75) is 62.5 Å². The van der Waals surface area contributed by atoms with Crippen molar-refractivity contribution < 1.29 is 19.4 Å². The van der Waals surface area contributed by atoms with Crippen LogP contribution in [0.5, 0.6) is 5.75 Å². The predicted octanol–water partition coefficient (Wildman–Crippen LogP) is 3.03. The minimum atomic E-state index is -0.879. The molecule has 1 amide bonds. The SMILES string of the molecule is CCOC(=O)N1CC[C@]23CCCC[C@@]2(O)[C@H]1Cc1ccc(OC)cc13. The van der Waals surface area contributed by atoms with Gasteiger partial charge in [-0.2, -0.15) is 0 Å². The van der Waals surface area contributed by atoms with Crippen LogP contribution in [0.15, 0.2) is 18.2 Å². The lowest BCUT2D eigenvalue weighted by atomic mass is 9.49. The molecule has 1 N–H and O–H groups in total. The van der Waals surface area contributed by atoms with Crippen LogP contribution in [0.1, 0.15) is 50.2 Å². The summed E-state index contributed by atoms with van der Waals surface area (Å²) in [6.07, 6.45) is 4.99. The van der Waals surface area contributed by atoms with Gasteiger partial charge in [0.2, 0.25) is 0 Å². The summed E-state index contributed by atoms with van der Waals surface area (Å²) in [5, 5.41) is 11.9. The Morgan fingerprint density at radius 2 is 2.12 bits per heavy atom. The van der Waals surface area contributed by atoms with Crippen molar-refractivity contribution in [3.63, 3.8) is 0 Å². The fourth-order valence-corrected chi connectivity index (χ4v) is 5.55. The van der Waals surface area contributed by atoms with Gasteiger partial charge in [0, 0.05) is 12.0 Å². The number of amides is 1. The average molecular weight is 345 g/mol. The summed E-state index contributed by atoms with van der Waals surface area (Å²) in [5.74, 6) is 0.840. The minimum absolute atomic E-state index is 0.207.